The van der Waals surface area contributed by atoms with Crippen molar-refractivity contribution in [3.63, 3.8) is 0 Å². The van der Waals surface area contributed by atoms with Gasteiger partial charge < -0.3 is 19.9 Å². The second kappa shape index (κ2) is 7.87. The van der Waals surface area contributed by atoms with Crippen LogP contribution in [0.3, 0.4) is 0 Å². The molecule has 1 saturated heterocycles. The van der Waals surface area contributed by atoms with Crippen LogP contribution in [0.1, 0.15) is 30.4 Å². The topological polar surface area (TPSA) is 76.4 Å². The molecule has 5 rings (SSSR count). The molecular weight excluding hydrogens is 383 g/mol. The van der Waals surface area contributed by atoms with Crippen molar-refractivity contribution in [3.05, 3.63) is 60.2 Å². The number of rotatable bonds is 4. The molecule has 1 aromatic carbocycles. The number of nitrogens with zero attached hydrogens (tertiary/aromatic N) is 4. The Balaban J connectivity index is 1.43. The highest BCUT2D eigenvalue weighted by Gasteiger charge is 2.26. The third kappa shape index (κ3) is 3.43. The highest BCUT2D eigenvalue weighted by Crippen LogP contribution is 2.30. The number of fused-ring (bicyclic) bond motifs is 1. The van der Waals surface area contributed by atoms with E-state index in [0.717, 1.165) is 40.8 Å². The Hall–Kier alpha value is -3.26. The molecule has 7 nitrogen and oxygen atoms in total. The van der Waals surface area contributed by atoms with Crippen molar-refractivity contribution in [2.45, 2.75) is 32.1 Å². The van der Waals surface area contributed by atoms with Gasteiger partial charge in [0.15, 0.2) is 12.1 Å². The summed E-state index contributed by atoms with van der Waals surface area (Å²) in [4.78, 5) is 13.0. The van der Waals surface area contributed by atoms with Crippen LogP contribution >= 0.6 is 0 Å². The smallest absolute Gasteiger partial charge is 0.194 e. The lowest BCUT2D eigenvalue weighted by Crippen LogP contribution is -2.37. The Labute approximate surface area is 173 Å². The first-order chi connectivity index (χ1) is 14.7. The Bertz CT molecular complexity index is 1130. The molecule has 0 spiro atoms. The number of aryl methyl sites for hydroxylation is 1. The first-order valence-electron chi connectivity index (χ1n) is 10.1. The number of pyridine rings is 1. The van der Waals surface area contributed by atoms with Gasteiger partial charge in [-0.15, -0.1) is 0 Å². The third-order valence-corrected chi connectivity index (χ3v) is 5.61. The van der Waals surface area contributed by atoms with Gasteiger partial charge >= 0.3 is 0 Å². The van der Waals surface area contributed by atoms with Crippen LogP contribution in [-0.4, -0.2) is 40.3 Å². The SMILES string of the molecule is Cc1ncc(C2=C(F)C=NC(Nc3cncc4ccccc34)N2)n1C1CCOCC1. The van der Waals surface area contributed by atoms with Crippen LogP contribution in [0, 0.1) is 6.92 Å². The first kappa shape index (κ1) is 18.7. The molecule has 2 N–H and O–H groups in total. The van der Waals surface area contributed by atoms with E-state index in [1.807, 2.05) is 37.4 Å². The fourth-order valence-corrected chi connectivity index (χ4v) is 4.14. The molecule has 3 aromatic rings. The lowest BCUT2D eigenvalue weighted by Gasteiger charge is -2.29. The van der Waals surface area contributed by atoms with E-state index in [1.54, 1.807) is 12.4 Å². The predicted molar refractivity (Wildman–Crippen MR) is 115 cm³/mol. The van der Waals surface area contributed by atoms with Crippen LogP contribution in [0.15, 0.2) is 53.7 Å². The molecule has 1 unspecified atom stereocenters. The molecule has 0 saturated carbocycles. The highest BCUT2D eigenvalue weighted by atomic mass is 19.1. The van der Waals surface area contributed by atoms with Crippen molar-refractivity contribution in [2.24, 2.45) is 4.99 Å². The second-order valence-electron chi connectivity index (χ2n) is 7.50. The number of halogens is 1. The molecule has 1 atom stereocenters. The number of aliphatic imine (C=N–C) groups is 1. The zero-order chi connectivity index (χ0) is 20.5. The van der Waals surface area contributed by atoms with Gasteiger partial charge in [0.25, 0.3) is 0 Å². The Morgan fingerprint density at radius 2 is 2.00 bits per heavy atom. The Morgan fingerprint density at radius 1 is 1.17 bits per heavy atom. The first-order valence-corrected chi connectivity index (χ1v) is 10.1. The van der Waals surface area contributed by atoms with Gasteiger partial charge in [-0.3, -0.25) is 4.98 Å². The predicted octanol–water partition coefficient (Wildman–Crippen LogP) is 3.80. The Kier molecular flexibility index (Phi) is 4.92. The van der Waals surface area contributed by atoms with Gasteiger partial charge in [0, 0.05) is 36.2 Å². The van der Waals surface area contributed by atoms with Gasteiger partial charge in [-0.2, -0.15) is 0 Å². The van der Waals surface area contributed by atoms with Gasteiger partial charge in [-0.05, 0) is 19.8 Å². The summed E-state index contributed by atoms with van der Waals surface area (Å²) >= 11 is 0. The number of anilines is 1. The average molecular weight is 406 g/mol. The maximum atomic E-state index is 14.8. The van der Waals surface area contributed by atoms with Gasteiger partial charge in [-0.1, -0.05) is 24.3 Å². The summed E-state index contributed by atoms with van der Waals surface area (Å²) < 4.78 is 22.4. The van der Waals surface area contributed by atoms with Crippen molar-refractivity contribution < 1.29 is 9.13 Å². The van der Waals surface area contributed by atoms with E-state index in [1.165, 1.54) is 6.21 Å². The van der Waals surface area contributed by atoms with Crippen molar-refractivity contribution in [1.29, 1.82) is 0 Å². The van der Waals surface area contributed by atoms with Crippen LogP contribution in [0.2, 0.25) is 0 Å². The minimum absolute atomic E-state index is 0.242. The summed E-state index contributed by atoms with van der Waals surface area (Å²) in [6, 6.07) is 8.22. The highest BCUT2D eigenvalue weighted by molar-refractivity contribution is 5.93. The molecule has 2 aromatic heterocycles. The van der Waals surface area contributed by atoms with Crippen LogP contribution < -0.4 is 10.6 Å². The summed E-state index contributed by atoms with van der Waals surface area (Å²) in [6.45, 7) is 3.36. The molecule has 2 aliphatic heterocycles. The molecule has 30 heavy (non-hydrogen) atoms. The number of nitrogens with one attached hydrogen (secondary N) is 2. The van der Waals surface area contributed by atoms with E-state index >= 15 is 0 Å². The molecule has 8 heteroatoms. The minimum Gasteiger partial charge on any atom is -0.381 e. The van der Waals surface area contributed by atoms with E-state index in [0.29, 0.717) is 18.9 Å². The van der Waals surface area contributed by atoms with Crippen LogP contribution in [0.5, 0.6) is 0 Å². The zero-order valence-corrected chi connectivity index (χ0v) is 16.7. The third-order valence-electron chi connectivity index (χ3n) is 5.61. The standard InChI is InChI=1S/C22H23FN6O/c1-14-25-13-20(29(14)16-6-8-30-9-7-16)21-18(23)11-26-22(28-21)27-19-12-24-10-15-4-2-3-5-17(15)19/h2-5,10-13,16,22,27-28H,6-9H2,1H3. The van der Waals surface area contributed by atoms with Gasteiger partial charge in [0.1, 0.15) is 11.5 Å². The van der Waals surface area contributed by atoms with Gasteiger partial charge in [-0.25, -0.2) is 14.4 Å². The van der Waals surface area contributed by atoms with Crippen molar-refractivity contribution in [1.82, 2.24) is 19.9 Å². The zero-order valence-electron chi connectivity index (χ0n) is 16.7. The number of imidazole rings is 1. The van der Waals surface area contributed by atoms with Gasteiger partial charge in [0.05, 0.1) is 30.0 Å². The minimum atomic E-state index is -0.523. The molecule has 0 aliphatic carbocycles. The fourth-order valence-electron chi connectivity index (χ4n) is 4.14. The molecule has 0 amide bonds. The van der Waals surface area contributed by atoms with Crippen LogP contribution in [0.25, 0.3) is 16.5 Å². The van der Waals surface area contributed by atoms with E-state index in [2.05, 4.69) is 30.2 Å². The number of benzene rings is 1. The summed E-state index contributed by atoms with van der Waals surface area (Å²) in [7, 11) is 0. The fraction of sp³-hybridized carbons (Fsp3) is 0.318. The van der Waals surface area contributed by atoms with Crippen LogP contribution in [0.4, 0.5) is 10.1 Å². The molecule has 1 fully saturated rings. The summed E-state index contributed by atoms with van der Waals surface area (Å²) in [6.07, 6.45) is 7.81. The van der Waals surface area contributed by atoms with Crippen molar-refractivity contribution >= 4 is 28.4 Å². The van der Waals surface area contributed by atoms with Crippen molar-refractivity contribution in [2.75, 3.05) is 18.5 Å². The molecule has 0 bridgehead atoms. The lowest BCUT2D eigenvalue weighted by molar-refractivity contribution is 0.0688. The summed E-state index contributed by atoms with van der Waals surface area (Å²) in [5, 5.41) is 8.59. The maximum absolute atomic E-state index is 14.8. The van der Waals surface area contributed by atoms with Crippen LogP contribution in [-0.2, 0) is 4.74 Å². The quantitative estimate of drug-likeness (QED) is 0.689. The molecular formula is C22H23FN6O. The van der Waals surface area contributed by atoms with E-state index in [4.69, 9.17) is 4.74 Å². The van der Waals surface area contributed by atoms with Crippen molar-refractivity contribution in [3.8, 4) is 0 Å². The normalized spacial score (nSPS) is 19.9. The summed E-state index contributed by atoms with van der Waals surface area (Å²) in [5.74, 6) is 0.460. The number of hydrogen-bond donors (Lipinski definition) is 2. The van der Waals surface area contributed by atoms with E-state index in [-0.39, 0.29) is 6.04 Å². The molecule has 2 aliphatic rings. The number of hydrogen-bond acceptors (Lipinski definition) is 6. The number of allylic oxidation sites excluding steroid dienone is 1. The van der Waals surface area contributed by atoms with E-state index in [9.17, 15) is 4.39 Å². The molecule has 154 valence electrons. The molecule has 4 heterocycles. The summed E-state index contributed by atoms with van der Waals surface area (Å²) in [5.41, 5.74) is 1.95. The average Bonchev–Trinajstić information content (AvgIpc) is 3.17. The lowest BCUT2D eigenvalue weighted by atomic mass is 10.1. The number of ether oxygens (including phenoxy) is 1. The van der Waals surface area contributed by atoms with Gasteiger partial charge in [0.2, 0.25) is 0 Å². The maximum Gasteiger partial charge on any atom is 0.194 e. The second-order valence-corrected chi connectivity index (χ2v) is 7.50. The van der Waals surface area contributed by atoms with E-state index < -0.39 is 12.1 Å². The monoisotopic (exact) mass is 406 g/mol. The Morgan fingerprint density at radius 3 is 2.87 bits per heavy atom. The molecule has 0 radical (unpaired) electrons. The number of aromatic nitrogens is 3. The largest absolute Gasteiger partial charge is 0.381 e.